The van der Waals surface area contributed by atoms with Crippen molar-refractivity contribution in [1.82, 2.24) is 0 Å². The highest BCUT2D eigenvalue weighted by Crippen LogP contribution is 2.27. The summed E-state index contributed by atoms with van der Waals surface area (Å²) in [6, 6.07) is 9.75. The minimum Gasteiger partial charge on any atom is -0.506 e. The van der Waals surface area contributed by atoms with Crippen LogP contribution in [0.5, 0.6) is 5.75 Å². The van der Waals surface area contributed by atoms with Crippen molar-refractivity contribution in [2.45, 2.75) is 0 Å². The zero-order valence-electron chi connectivity index (χ0n) is 9.45. The van der Waals surface area contributed by atoms with Crippen LogP contribution < -0.4 is 5.32 Å². The molecule has 2 aromatic rings. The molecule has 0 atom stereocenters. The van der Waals surface area contributed by atoms with Crippen LogP contribution in [0.1, 0.15) is 10.4 Å². The van der Waals surface area contributed by atoms with Gasteiger partial charge in [-0.3, -0.25) is 4.79 Å². The van der Waals surface area contributed by atoms with Crippen LogP contribution >= 0.6 is 43.5 Å². The second kappa shape index (κ2) is 5.94. The molecule has 0 bridgehead atoms. The zero-order chi connectivity index (χ0) is 14.0. The number of phenols is 1. The summed E-state index contributed by atoms with van der Waals surface area (Å²) in [6.07, 6.45) is 0. The topological polar surface area (TPSA) is 49.3 Å². The monoisotopic (exact) mass is 403 g/mol. The number of carbonyl (C=O) groups is 1. The summed E-state index contributed by atoms with van der Waals surface area (Å²) in [5.41, 5.74) is 1.02. The van der Waals surface area contributed by atoms with Crippen LogP contribution in [0.15, 0.2) is 45.3 Å². The fourth-order valence-corrected chi connectivity index (χ4v) is 2.95. The number of hydrogen-bond acceptors (Lipinski definition) is 2. The molecule has 0 heterocycles. The van der Waals surface area contributed by atoms with E-state index in [0.29, 0.717) is 11.3 Å². The molecular formula is C13H8Br2ClNO2. The van der Waals surface area contributed by atoms with E-state index in [2.05, 4.69) is 37.2 Å². The number of aromatic hydroxyl groups is 1. The van der Waals surface area contributed by atoms with E-state index in [9.17, 15) is 9.90 Å². The van der Waals surface area contributed by atoms with Crippen LogP contribution in [0, 0.1) is 0 Å². The number of amides is 1. The minimum absolute atomic E-state index is 0.0233. The Labute approximate surface area is 131 Å². The molecule has 0 aromatic heterocycles. The zero-order valence-corrected chi connectivity index (χ0v) is 13.4. The van der Waals surface area contributed by atoms with Gasteiger partial charge < -0.3 is 10.4 Å². The lowest BCUT2D eigenvalue weighted by Crippen LogP contribution is -2.11. The van der Waals surface area contributed by atoms with E-state index in [-0.39, 0.29) is 16.7 Å². The van der Waals surface area contributed by atoms with Crippen LogP contribution in [0.4, 0.5) is 5.69 Å². The third-order valence-electron chi connectivity index (χ3n) is 2.33. The Morgan fingerprint density at radius 3 is 2.32 bits per heavy atom. The molecule has 0 aliphatic heterocycles. The molecule has 2 rings (SSSR count). The van der Waals surface area contributed by atoms with Crippen molar-refractivity contribution in [3.8, 4) is 5.75 Å². The van der Waals surface area contributed by atoms with E-state index in [1.807, 2.05) is 6.07 Å². The van der Waals surface area contributed by atoms with Gasteiger partial charge in [0.1, 0.15) is 5.75 Å². The Bertz CT molecular complexity index is 626. The molecule has 19 heavy (non-hydrogen) atoms. The smallest absolute Gasteiger partial charge is 0.255 e. The first-order chi connectivity index (χ1) is 8.95. The molecule has 98 valence electrons. The van der Waals surface area contributed by atoms with E-state index < -0.39 is 0 Å². The molecule has 0 aliphatic carbocycles. The van der Waals surface area contributed by atoms with Crippen molar-refractivity contribution in [2.24, 2.45) is 0 Å². The summed E-state index contributed by atoms with van der Waals surface area (Å²) >= 11 is 12.4. The average molecular weight is 405 g/mol. The molecule has 6 heteroatoms. The molecule has 0 fully saturated rings. The van der Waals surface area contributed by atoms with Gasteiger partial charge in [-0.1, -0.05) is 43.5 Å². The number of rotatable bonds is 2. The van der Waals surface area contributed by atoms with Crippen molar-refractivity contribution in [3.63, 3.8) is 0 Å². The number of benzene rings is 2. The lowest BCUT2D eigenvalue weighted by atomic mass is 10.2. The van der Waals surface area contributed by atoms with Gasteiger partial charge in [-0.15, -0.1) is 0 Å². The second-order valence-electron chi connectivity index (χ2n) is 3.78. The molecule has 0 unspecified atom stereocenters. The SMILES string of the molecule is O=C(Nc1ccc(O)c(Cl)c1)c1cc(Br)cc(Br)c1. The molecular weight excluding hydrogens is 397 g/mol. The summed E-state index contributed by atoms with van der Waals surface area (Å²) in [6.45, 7) is 0. The molecule has 0 aliphatic rings. The quantitative estimate of drug-likeness (QED) is 0.704. The Balaban J connectivity index is 2.22. The van der Waals surface area contributed by atoms with Gasteiger partial charge in [-0.05, 0) is 36.4 Å². The Morgan fingerprint density at radius 2 is 1.74 bits per heavy atom. The number of hydrogen-bond donors (Lipinski definition) is 2. The van der Waals surface area contributed by atoms with E-state index >= 15 is 0 Å². The Hall–Kier alpha value is -1.04. The van der Waals surface area contributed by atoms with Crippen LogP contribution in [0.3, 0.4) is 0 Å². The number of nitrogens with one attached hydrogen (secondary N) is 1. The molecule has 0 saturated heterocycles. The van der Waals surface area contributed by atoms with Gasteiger partial charge in [0.2, 0.25) is 0 Å². The van der Waals surface area contributed by atoms with Crippen molar-refractivity contribution in [2.75, 3.05) is 5.32 Å². The van der Waals surface area contributed by atoms with Crippen LogP contribution in [-0.2, 0) is 0 Å². The number of anilines is 1. The van der Waals surface area contributed by atoms with Crippen LogP contribution in [-0.4, -0.2) is 11.0 Å². The van der Waals surface area contributed by atoms with E-state index in [0.717, 1.165) is 8.95 Å². The van der Waals surface area contributed by atoms with Gasteiger partial charge in [-0.25, -0.2) is 0 Å². The summed E-state index contributed by atoms with van der Waals surface area (Å²) in [5.74, 6) is -0.284. The highest BCUT2D eigenvalue weighted by atomic mass is 79.9. The molecule has 1 amide bonds. The molecule has 0 saturated carbocycles. The fourth-order valence-electron chi connectivity index (χ4n) is 1.47. The number of phenolic OH excluding ortho intramolecular Hbond substituents is 1. The highest BCUT2D eigenvalue weighted by Gasteiger charge is 2.09. The van der Waals surface area contributed by atoms with Crippen LogP contribution in [0.25, 0.3) is 0 Å². The first kappa shape index (κ1) is 14.4. The van der Waals surface area contributed by atoms with Crippen molar-refractivity contribution in [3.05, 3.63) is 55.9 Å². The largest absolute Gasteiger partial charge is 0.506 e. The second-order valence-corrected chi connectivity index (χ2v) is 6.02. The van der Waals surface area contributed by atoms with Gasteiger partial charge in [0.25, 0.3) is 5.91 Å². The average Bonchev–Trinajstić information content (AvgIpc) is 2.32. The van der Waals surface area contributed by atoms with E-state index in [1.54, 1.807) is 18.2 Å². The molecule has 2 N–H and O–H groups in total. The fraction of sp³-hybridized carbons (Fsp3) is 0. The maximum Gasteiger partial charge on any atom is 0.255 e. The molecule has 0 spiro atoms. The predicted molar refractivity (Wildman–Crippen MR) is 82.9 cm³/mol. The van der Waals surface area contributed by atoms with E-state index in [4.69, 9.17) is 11.6 Å². The standard InChI is InChI=1S/C13H8Br2ClNO2/c14-8-3-7(4-9(15)5-8)13(19)17-10-1-2-12(18)11(16)6-10/h1-6,18H,(H,17,19). The van der Waals surface area contributed by atoms with Crippen molar-refractivity contribution in [1.29, 1.82) is 0 Å². The summed E-state index contributed by atoms with van der Waals surface area (Å²) < 4.78 is 1.60. The molecule has 0 radical (unpaired) electrons. The Morgan fingerprint density at radius 1 is 1.11 bits per heavy atom. The summed E-state index contributed by atoms with van der Waals surface area (Å²) in [4.78, 5) is 12.1. The van der Waals surface area contributed by atoms with Crippen molar-refractivity contribution < 1.29 is 9.90 Å². The van der Waals surface area contributed by atoms with Gasteiger partial charge in [0.15, 0.2) is 0 Å². The van der Waals surface area contributed by atoms with Gasteiger partial charge in [0.05, 0.1) is 5.02 Å². The maximum atomic E-state index is 12.1. The Kier molecular flexibility index (Phi) is 4.50. The summed E-state index contributed by atoms with van der Waals surface area (Å²) in [7, 11) is 0. The third-order valence-corrected chi connectivity index (χ3v) is 3.55. The number of halogens is 3. The highest BCUT2D eigenvalue weighted by molar-refractivity contribution is 9.11. The van der Waals surface area contributed by atoms with Gasteiger partial charge in [-0.2, -0.15) is 0 Å². The first-order valence-electron chi connectivity index (χ1n) is 5.21. The lowest BCUT2D eigenvalue weighted by molar-refractivity contribution is 0.102. The maximum absolute atomic E-state index is 12.1. The van der Waals surface area contributed by atoms with Crippen LogP contribution in [0.2, 0.25) is 5.02 Å². The normalized spacial score (nSPS) is 10.3. The van der Waals surface area contributed by atoms with Gasteiger partial charge >= 0.3 is 0 Å². The summed E-state index contributed by atoms with van der Waals surface area (Å²) in [5, 5.41) is 12.2. The minimum atomic E-state index is -0.260. The molecule has 2 aromatic carbocycles. The number of carbonyl (C=O) groups excluding carboxylic acids is 1. The van der Waals surface area contributed by atoms with E-state index in [1.165, 1.54) is 12.1 Å². The molecule has 3 nitrogen and oxygen atoms in total. The third kappa shape index (κ3) is 3.72. The lowest BCUT2D eigenvalue weighted by Gasteiger charge is -2.07. The predicted octanol–water partition coefficient (Wildman–Crippen LogP) is 4.82. The van der Waals surface area contributed by atoms with Gasteiger partial charge in [0, 0.05) is 20.2 Å². The first-order valence-corrected chi connectivity index (χ1v) is 7.18. The van der Waals surface area contributed by atoms with Crippen molar-refractivity contribution >= 4 is 55.1 Å².